The molecule has 540 valence electrons. The van der Waals surface area contributed by atoms with E-state index in [0.717, 1.165) is 108 Å². The summed E-state index contributed by atoms with van der Waals surface area (Å²) in [5.74, 6) is -0.604. The van der Waals surface area contributed by atoms with E-state index in [-0.39, 0.29) is 25.7 Å². The minimum Gasteiger partial charge on any atom is -0.462 e. The Labute approximate surface area is 556 Å². The van der Waals surface area contributed by atoms with Crippen molar-refractivity contribution in [3.8, 4) is 0 Å². The molecule has 3 N–H and O–H groups in total. The Kier molecular flexibility index (Phi) is 62.7. The zero-order chi connectivity index (χ0) is 67.2. The third-order valence-electron chi connectivity index (χ3n) is 16.7. The second-order valence-corrected chi connectivity index (χ2v) is 29.8. The molecule has 0 aromatic heterocycles. The van der Waals surface area contributed by atoms with E-state index in [9.17, 15) is 43.2 Å². The van der Waals surface area contributed by atoms with E-state index in [4.69, 9.17) is 37.0 Å². The Hall–Kier alpha value is -1.94. The van der Waals surface area contributed by atoms with E-state index in [1.807, 2.05) is 0 Å². The molecule has 0 aliphatic carbocycles. The zero-order valence-corrected chi connectivity index (χ0v) is 60.9. The molecular weight excluding hydrogens is 1200 g/mol. The Balaban J connectivity index is 5.22. The van der Waals surface area contributed by atoms with Crippen molar-refractivity contribution in [2.24, 2.45) is 11.8 Å². The molecule has 0 spiro atoms. The predicted molar refractivity (Wildman–Crippen MR) is 368 cm³/mol. The molecule has 17 nitrogen and oxygen atoms in total. The van der Waals surface area contributed by atoms with Gasteiger partial charge in [0.2, 0.25) is 0 Å². The Bertz CT molecular complexity index is 1770. The number of esters is 4. The van der Waals surface area contributed by atoms with Crippen LogP contribution in [0.15, 0.2) is 0 Å². The van der Waals surface area contributed by atoms with Crippen molar-refractivity contribution in [3.63, 3.8) is 0 Å². The van der Waals surface area contributed by atoms with Gasteiger partial charge in [0.1, 0.15) is 19.3 Å². The first-order valence-electron chi connectivity index (χ1n) is 37.5. The van der Waals surface area contributed by atoms with Crippen LogP contribution in [0.4, 0.5) is 0 Å². The van der Waals surface area contributed by atoms with Gasteiger partial charge in [-0.3, -0.25) is 37.3 Å². The summed E-state index contributed by atoms with van der Waals surface area (Å²) in [7, 11) is -9.90. The van der Waals surface area contributed by atoms with Crippen LogP contribution in [-0.2, 0) is 65.4 Å². The summed E-state index contributed by atoms with van der Waals surface area (Å²) < 4.78 is 68.3. The lowest BCUT2D eigenvalue weighted by molar-refractivity contribution is -0.161. The number of carbonyl (C=O) groups excluding carboxylic acids is 4. The molecule has 0 heterocycles. The van der Waals surface area contributed by atoms with Gasteiger partial charge >= 0.3 is 39.5 Å². The van der Waals surface area contributed by atoms with Gasteiger partial charge in [0, 0.05) is 25.7 Å². The van der Waals surface area contributed by atoms with Crippen LogP contribution in [0.2, 0.25) is 0 Å². The molecule has 0 aromatic rings. The second kappa shape index (κ2) is 64.1. The number of unbranched alkanes of at least 4 members (excludes halogenated alkanes) is 41. The molecule has 0 bridgehead atoms. The van der Waals surface area contributed by atoms with E-state index in [0.29, 0.717) is 25.7 Å². The number of aliphatic hydroxyl groups excluding tert-OH is 1. The van der Waals surface area contributed by atoms with Gasteiger partial charge in [-0.05, 0) is 37.5 Å². The lowest BCUT2D eigenvalue weighted by Gasteiger charge is -2.21. The maximum Gasteiger partial charge on any atom is 0.472 e. The molecule has 0 rings (SSSR count). The smallest absolute Gasteiger partial charge is 0.462 e. The first-order valence-corrected chi connectivity index (χ1v) is 40.5. The van der Waals surface area contributed by atoms with Gasteiger partial charge in [0.05, 0.1) is 26.4 Å². The number of ether oxygens (including phenoxy) is 4. The minimum atomic E-state index is -4.95. The standard InChI is InChI=1S/C72H140O17P2/c1-7-9-11-13-15-17-18-19-20-21-22-27-32-38-44-50-56-71(76)88-68(61-83-70(75)55-49-43-37-31-26-24-23-25-29-34-40-46-52-64(3)4)63-87-91(80,81)85-59-66(73)58-84-90(78,79)86-62-67(60-82-69(74)54-48-42-36-16-14-12-10-8-2)89-72(77)57-51-45-39-33-28-30-35-41-47-53-65(5)6/h64-68,73H,7-63H2,1-6H3,(H,78,79)(H,80,81)/t66-,67+,68+/m0/s1. The van der Waals surface area contributed by atoms with Crippen LogP contribution < -0.4 is 0 Å². The SMILES string of the molecule is CCCCCCCCCCCCCCCCCCC(=O)O[C@H](COC(=O)CCCCCCCCCCCCCCC(C)C)COP(=O)(O)OC[C@@H](O)COP(=O)(O)OC[C@@H](COC(=O)CCCCCCCCCC)OC(=O)CCCCCCCCCCCC(C)C. The van der Waals surface area contributed by atoms with Crippen LogP contribution in [0.3, 0.4) is 0 Å². The van der Waals surface area contributed by atoms with Crippen molar-refractivity contribution in [2.45, 2.75) is 387 Å². The molecule has 91 heavy (non-hydrogen) atoms. The van der Waals surface area contributed by atoms with E-state index in [1.165, 1.54) is 180 Å². The van der Waals surface area contributed by atoms with Crippen LogP contribution >= 0.6 is 15.6 Å². The molecule has 0 aromatic carbocycles. The Morgan fingerprint density at radius 3 is 0.747 bits per heavy atom. The third kappa shape index (κ3) is 66.5. The number of carbonyl (C=O) groups is 4. The second-order valence-electron chi connectivity index (χ2n) is 26.9. The minimum absolute atomic E-state index is 0.105. The first kappa shape index (κ1) is 89.1. The molecule has 0 amide bonds. The summed E-state index contributed by atoms with van der Waals surface area (Å²) >= 11 is 0. The summed E-state index contributed by atoms with van der Waals surface area (Å²) in [5, 5.41) is 10.6. The molecular formula is C72H140O17P2. The number of phosphoric acid groups is 2. The number of hydrogen-bond donors (Lipinski definition) is 3. The summed E-state index contributed by atoms with van der Waals surface area (Å²) in [6, 6.07) is 0. The van der Waals surface area contributed by atoms with E-state index in [2.05, 4.69) is 41.5 Å². The van der Waals surface area contributed by atoms with Gasteiger partial charge < -0.3 is 33.8 Å². The molecule has 0 fully saturated rings. The fourth-order valence-corrected chi connectivity index (χ4v) is 12.5. The van der Waals surface area contributed by atoms with Gasteiger partial charge in [-0.2, -0.15) is 0 Å². The van der Waals surface area contributed by atoms with Crippen molar-refractivity contribution in [2.75, 3.05) is 39.6 Å². The van der Waals surface area contributed by atoms with Crippen LogP contribution in [0.25, 0.3) is 0 Å². The molecule has 19 heteroatoms. The average Bonchev–Trinajstić information content (AvgIpc) is 3.66. The maximum absolute atomic E-state index is 13.0. The van der Waals surface area contributed by atoms with E-state index >= 15 is 0 Å². The van der Waals surface area contributed by atoms with Gasteiger partial charge in [0.15, 0.2) is 12.2 Å². The summed E-state index contributed by atoms with van der Waals surface area (Å²) in [6.07, 6.45) is 50.0. The maximum atomic E-state index is 13.0. The number of phosphoric ester groups is 2. The monoisotopic (exact) mass is 1340 g/mol. The summed E-state index contributed by atoms with van der Waals surface area (Å²) in [5.41, 5.74) is 0. The molecule has 5 atom stereocenters. The third-order valence-corrected chi connectivity index (χ3v) is 18.6. The van der Waals surface area contributed by atoms with Gasteiger partial charge in [-0.25, -0.2) is 9.13 Å². The normalized spacial score (nSPS) is 14.1. The molecule has 0 aliphatic rings. The molecule has 0 saturated heterocycles. The van der Waals surface area contributed by atoms with Crippen LogP contribution in [-0.4, -0.2) is 96.7 Å². The Morgan fingerprint density at radius 2 is 0.505 bits per heavy atom. The van der Waals surface area contributed by atoms with E-state index < -0.39 is 97.5 Å². The number of rotatable bonds is 71. The number of hydrogen-bond acceptors (Lipinski definition) is 15. The summed E-state index contributed by atoms with van der Waals surface area (Å²) in [4.78, 5) is 72.6. The lowest BCUT2D eigenvalue weighted by Crippen LogP contribution is -2.30. The van der Waals surface area contributed by atoms with Crippen molar-refractivity contribution in [1.82, 2.24) is 0 Å². The molecule has 0 radical (unpaired) electrons. The van der Waals surface area contributed by atoms with Gasteiger partial charge in [-0.15, -0.1) is 0 Å². The number of aliphatic hydroxyl groups is 1. The van der Waals surface area contributed by atoms with Crippen molar-refractivity contribution in [3.05, 3.63) is 0 Å². The van der Waals surface area contributed by atoms with Crippen LogP contribution in [0.1, 0.15) is 369 Å². The predicted octanol–water partition coefficient (Wildman–Crippen LogP) is 20.8. The van der Waals surface area contributed by atoms with Crippen molar-refractivity contribution in [1.29, 1.82) is 0 Å². The fourth-order valence-electron chi connectivity index (χ4n) is 10.9. The fraction of sp³-hybridized carbons (Fsp3) is 0.944. The largest absolute Gasteiger partial charge is 0.472 e. The van der Waals surface area contributed by atoms with Crippen molar-refractivity contribution < 1.29 is 80.2 Å². The highest BCUT2D eigenvalue weighted by molar-refractivity contribution is 7.47. The highest BCUT2D eigenvalue weighted by atomic mass is 31.2. The van der Waals surface area contributed by atoms with Crippen LogP contribution in [0, 0.1) is 11.8 Å². The quantitative estimate of drug-likeness (QED) is 0.0222. The molecule has 2 unspecified atom stereocenters. The van der Waals surface area contributed by atoms with Gasteiger partial charge in [0.25, 0.3) is 0 Å². The highest BCUT2D eigenvalue weighted by Crippen LogP contribution is 2.45. The zero-order valence-electron chi connectivity index (χ0n) is 59.1. The topological polar surface area (TPSA) is 237 Å². The van der Waals surface area contributed by atoms with Gasteiger partial charge in [-0.1, -0.05) is 318 Å². The highest BCUT2D eigenvalue weighted by Gasteiger charge is 2.30. The lowest BCUT2D eigenvalue weighted by atomic mass is 10.0. The molecule has 0 saturated carbocycles. The summed E-state index contributed by atoms with van der Waals surface area (Å²) in [6.45, 7) is 9.53. The molecule has 0 aliphatic heterocycles. The van der Waals surface area contributed by atoms with Crippen LogP contribution in [0.5, 0.6) is 0 Å². The Morgan fingerprint density at radius 1 is 0.297 bits per heavy atom. The van der Waals surface area contributed by atoms with E-state index in [1.54, 1.807) is 0 Å². The van der Waals surface area contributed by atoms with Crippen molar-refractivity contribution >= 4 is 39.5 Å². The first-order chi connectivity index (χ1) is 43.9. The average molecular weight is 1340 g/mol.